The van der Waals surface area contributed by atoms with Crippen molar-refractivity contribution in [2.75, 3.05) is 25.4 Å². The second kappa shape index (κ2) is 6.80. The molecule has 0 aromatic heterocycles. The van der Waals surface area contributed by atoms with Crippen LogP contribution in [0.3, 0.4) is 0 Å². The van der Waals surface area contributed by atoms with Crippen LogP contribution in [0.2, 0.25) is 0 Å². The van der Waals surface area contributed by atoms with E-state index >= 15 is 0 Å². The minimum atomic E-state index is -1.01. The molecule has 0 bridgehead atoms. The minimum Gasteiger partial charge on any atom is -0.480 e. The number of likely N-dealkylation sites (tertiary alicyclic amines) is 1. The van der Waals surface area contributed by atoms with Crippen LogP contribution in [-0.2, 0) is 9.59 Å². The van der Waals surface area contributed by atoms with E-state index in [-0.39, 0.29) is 5.91 Å². The summed E-state index contributed by atoms with van der Waals surface area (Å²) in [7, 11) is 0. The van der Waals surface area contributed by atoms with E-state index in [1.165, 1.54) is 0 Å². The van der Waals surface area contributed by atoms with Gasteiger partial charge >= 0.3 is 5.97 Å². The van der Waals surface area contributed by atoms with Gasteiger partial charge in [0, 0.05) is 11.8 Å². The number of nitrogens with one attached hydrogen (secondary N) is 1. The largest absolute Gasteiger partial charge is 0.480 e. The van der Waals surface area contributed by atoms with Crippen LogP contribution < -0.4 is 5.32 Å². The summed E-state index contributed by atoms with van der Waals surface area (Å²) >= 11 is 1.69. The molecule has 1 amide bonds. The van der Waals surface area contributed by atoms with Gasteiger partial charge in [0.15, 0.2) is 0 Å². The highest BCUT2D eigenvalue weighted by atomic mass is 32.2. The van der Waals surface area contributed by atoms with Crippen molar-refractivity contribution in [1.29, 1.82) is 0 Å². The lowest BCUT2D eigenvalue weighted by atomic mass is 9.88. The van der Waals surface area contributed by atoms with Crippen molar-refractivity contribution in [3.8, 4) is 0 Å². The number of amides is 1. The first kappa shape index (κ1) is 15.6. The molecule has 0 saturated carbocycles. The monoisotopic (exact) mass is 300 g/mol. The molecule has 2 heterocycles. The molecule has 0 aliphatic carbocycles. The summed E-state index contributed by atoms with van der Waals surface area (Å²) in [5.41, 5.74) is -1.01. The summed E-state index contributed by atoms with van der Waals surface area (Å²) < 4.78 is 0. The van der Waals surface area contributed by atoms with Crippen LogP contribution in [0.5, 0.6) is 0 Å². The van der Waals surface area contributed by atoms with Gasteiger partial charge in [-0.05, 0) is 52.1 Å². The molecule has 2 aliphatic rings. The molecule has 2 fully saturated rings. The Morgan fingerprint density at radius 3 is 2.70 bits per heavy atom. The first-order valence-electron chi connectivity index (χ1n) is 7.40. The lowest BCUT2D eigenvalue weighted by Gasteiger charge is -2.41. The number of aliphatic carboxylic acids is 1. The molecule has 1 atom stereocenters. The zero-order chi connectivity index (χ0) is 14.6. The van der Waals surface area contributed by atoms with Gasteiger partial charge < -0.3 is 15.3 Å². The third-order valence-electron chi connectivity index (χ3n) is 4.38. The summed E-state index contributed by atoms with van der Waals surface area (Å²) in [6.07, 6.45) is 4.54. The normalized spacial score (nSPS) is 28.4. The average Bonchev–Trinajstić information content (AvgIpc) is 2.46. The Bertz CT molecular complexity index is 371. The van der Waals surface area contributed by atoms with Crippen molar-refractivity contribution in [3.63, 3.8) is 0 Å². The Morgan fingerprint density at radius 2 is 2.05 bits per heavy atom. The molecule has 0 aromatic rings. The van der Waals surface area contributed by atoms with E-state index in [4.69, 9.17) is 0 Å². The quantitative estimate of drug-likeness (QED) is 0.819. The van der Waals surface area contributed by atoms with Crippen molar-refractivity contribution in [1.82, 2.24) is 10.2 Å². The Hall–Kier alpha value is -0.750. The van der Waals surface area contributed by atoms with Crippen molar-refractivity contribution in [3.05, 3.63) is 0 Å². The SMILES string of the molecule is CC1(C(=O)O)CCCCN1C(=O)CSC1CCNCC1. The standard InChI is InChI=1S/C14H24N2O3S/c1-14(13(18)19)6-2-3-9-16(14)12(17)10-20-11-4-7-15-8-5-11/h11,15H,2-10H2,1H3,(H,18,19). The van der Waals surface area contributed by atoms with E-state index in [0.29, 0.717) is 24.0 Å². The van der Waals surface area contributed by atoms with Crippen molar-refractivity contribution < 1.29 is 14.7 Å². The van der Waals surface area contributed by atoms with Gasteiger partial charge in [-0.3, -0.25) is 4.79 Å². The number of carboxylic acid groups (broad SMARTS) is 1. The van der Waals surface area contributed by atoms with Crippen molar-refractivity contribution >= 4 is 23.6 Å². The molecule has 0 radical (unpaired) electrons. The fraction of sp³-hybridized carbons (Fsp3) is 0.857. The number of hydrogen-bond acceptors (Lipinski definition) is 4. The predicted molar refractivity (Wildman–Crippen MR) is 80.0 cm³/mol. The van der Waals surface area contributed by atoms with Crippen molar-refractivity contribution in [2.24, 2.45) is 0 Å². The topological polar surface area (TPSA) is 69.6 Å². The maximum atomic E-state index is 12.4. The predicted octanol–water partition coefficient (Wildman–Crippen LogP) is 1.33. The van der Waals surface area contributed by atoms with Gasteiger partial charge in [-0.2, -0.15) is 0 Å². The van der Waals surface area contributed by atoms with Crippen LogP contribution in [0.1, 0.15) is 39.0 Å². The highest BCUT2D eigenvalue weighted by Crippen LogP contribution is 2.30. The lowest BCUT2D eigenvalue weighted by molar-refractivity contribution is -0.159. The van der Waals surface area contributed by atoms with Crippen molar-refractivity contribution in [2.45, 2.75) is 49.8 Å². The number of carbonyl (C=O) groups excluding carboxylic acids is 1. The fourth-order valence-corrected chi connectivity index (χ4v) is 4.08. The number of nitrogens with zero attached hydrogens (tertiary/aromatic N) is 1. The lowest BCUT2D eigenvalue weighted by Crippen LogP contribution is -2.58. The molecular weight excluding hydrogens is 276 g/mol. The minimum absolute atomic E-state index is 0.0156. The summed E-state index contributed by atoms with van der Waals surface area (Å²) in [5.74, 6) is -0.483. The molecule has 20 heavy (non-hydrogen) atoms. The number of carbonyl (C=O) groups is 2. The number of piperidine rings is 2. The Balaban J connectivity index is 1.90. The zero-order valence-corrected chi connectivity index (χ0v) is 12.9. The van der Waals surface area contributed by atoms with Crippen LogP contribution in [-0.4, -0.2) is 58.1 Å². The van der Waals surface area contributed by atoms with Crippen LogP contribution in [0.15, 0.2) is 0 Å². The van der Waals surface area contributed by atoms with Gasteiger partial charge in [-0.15, -0.1) is 11.8 Å². The Kier molecular flexibility index (Phi) is 5.32. The highest BCUT2D eigenvalue weighted by Gasteiger charge is 2.43. The first-order chi connectivity index (χ1) is 9.54. The van der Waals surface area contributed by atoms with E-state index in [1.807, 2.05) is 0 Å². The third kappa shape index (κ3) is 3.47. The Labute approximate surface area is 124 Å². The number of thioether (sulfide) groups is 1. The zero-order valence-electron chi connectivity index (χ0n) is 12.1. The molecule has 0 aromatic carbocycles. The average molecular weight is 300 g/mol. The van der Waals surface area contributed by atoms with E-state index in [9.17, 15) is 14.7 Å². The molecule has 2 saturated heterocycles. The molecular formula is C14H24N2O3S. The molecule has 2 aliphatic heterocycles. The highest BCUT2D eigenvalue weighted by molar-refractivity contribution is 8.00. The van der Waals surface area contributed by atoms with Gasteiger partial charge in [0.2, 0.25) is 5.91 Å². The van der Waals surface area contributed by atoms with Gasteiger partial charge in [-0.25, -0.2) is 4.79 Å². The van der Waals surface area contributed by atoms with Gasteiger partial charge in [0.1, 0.15) is 5.54 Å². The molecule has 2 N–H and O–H groups in total. The maximum absolute atomic E-state index is 12.4. The third-order valence-corrected chi connectivity index (χ3v) is 5.74. The van der Waals surface area contributed by atoms with E-state index in [2.05, 4.69) is 5.32 Å². The first-order valence-corrected chi connectivity index (χ1v) is 8.45. The van der Waals surface area contributed by atoms with Crippen LogP contribution in [0.4, 0.5) is 0 Å². The van der Waals surface area contributed by atoms with E-state index < -0.39 is 11.5 Å². The van der Waals surface area contributed by atoms with E-state index in [0.717, 1.165) is 38.8 Å². The van der Waals surface area contributed by atoms with Gasteiger partial charge in [0.05, 0.1) is 5.75 Å². The molecule has 6 heteroatoms. The van der Waals surface area contributed by atoms with Crippen LogP contribution in [0.25, 0.3) is 0 Å². The second-order valence-corrected chi connectivity index (χ2v) is 7.13. The van der Waals surface area contributed by atoms with Crippen LogP contribution in [0, 0.1) is 0 Å². The summed E-state index contributed by atoms with van der Waals surface area (Å²) in [6.45, 7) is 4.29. The summed E-state index contributed by atoms with van der Waals surface area (Å²) in [4.78, 5) is 25.5. The molecule has 0 spiro atoms. The van der Waals surface area contributed by atoms with Gasteiger partial charge in [-0.1, -0.05) is 0 Å². The van der Waals surface area contributed by atoms with Crippen LogP contribution >= 0.6 is 11.8 Å². The summed E-state index contributed by atoms with van der Waals surface area (Å²) in [5, 5.41) is 13.3. The second-order valence-electron chi connectivity index (χ2n) is 5.84. The number of hydrogen-bond donors (Lipinski definition) is 2. The fourth-order valence-electron chi connectivity index (χ4n) is 2.97. The summed E-state index contributed by atoms with van der Waals surface area (Å²) in [6, 6.07) is 0. The van der Waals surface area contributed by atoms with Gasteiger partial charge in [0.25, 0.3) is 0 Å². The molecule has 5 nitrogen and oxygen atoms in total. The number of rotatable bonds is 4. The number of carboxylic acids is 1. The molecule has 1 unspecified atom stereocenters. The smallest absolute Gasteiger partial charge is 0.329 e. The molecule has 2 rings (SSSR count). The maximum Gasteiger partial charge on any atom is 0.329 e. The Morgan fingerprint density at radius 1 is 1.35 bits per heavy atom. The van der Waals surface area contributed by atoms with E-state index in [1.54, 1.807) is 23.6 Å². The molecule has 114 valence electrons.